The summed E-state index contributed by atoms with van der Waals surface area (Å²) in [5.41, 5.74) is 4.74. The van der Waals surface area contributed by atoms with Gasteiger partial charge in [0.05, 0.1) is 22.3 Å². The Balaban J connectivity index is 1.98. The Hall–Kier alpha value is -2.74. The number of rotatable bonds is 4. The Morgan fingerprint density at radius 2 is 1.89 bits per heavy atom. The van der Waals surface area contributed by atoms with Gasteiger partial charge in [-0.15, -0.1) is 0 Å². The Morgan fingerprint density at radius 1 is 1.15 bits per heavy atom. The van der Waals surface area contributed by atoms with Crippen LogP contribution in [0.1, 0.15) is 19.4 Å². The third-order valence-electron chi connectivity index (χ3n) is 3.56. The molecule has 0 saturated carbocycles. The minimum atomic E-state index is -4.61. The molecule has 0 aliphatic carbocycles. The van der Waals surface area contributed by atoms with Crippen molar-refractivity contribution in [1.29, 1.82) is 0 Å². The number of hydrogen-bond donors (Lipinski definition) is 1. The third kappa shape index (κ3) is 4.16. The second kappa shape index (κ2) is 7.11. The van der Waals surface area contributed by atoms with Gasteiger partial charge in [0, 0.05) is 11.3 Å². The van der Waals surface area contributed by atoms with Crippen molar-refractivity contribution in [2.24, 2.45) is 0 Å². The van der Waals surface area contributed by atoms with Gasteiger partial charge in [-0.1, -0.05) is 16.8 Å². The Bertz CT molecular complexity index is 971. The highest BCUT2D eigenvalue weighted by Crippen LogP contribution is 2.38. The van der Waals surface area contributed by atoms with Crippen molar-refractivity contribution in [1.82, 2.24) is 10.1 Å². The molecule has 27 heavy (non-hydrogen) atoms. The molecule has 2 N–H and O–H groups in total. The summed E-state index contributed by atoms with van der Waals surface area (Å²) in [6.45, 7) is 3.72. The molecule has 0 atom stereocenters. The van der Waals surface area contributed by atoms with E-state index in [-0.39, 0.29) is 29.1 Å². The molecule has 0 saturated heterocycles. The number of benzene rings is 2. The lowest BCUT2D eigenvalue weighted by atomic mass is 10.1. The van der Waals surface area contributed by atoms with Crippen molar-refractivity contribution in [3.05, 3.63) is 47.0 Å². The van der Waals surface area contributed by atoms with E-state index in [9.17, 15) is 13.2 Å². The SMILES string of the molecule is CC(C)Oc1ccc(-c2noc(-c3ccc(N)cc3C(F)(F)F)n2)cc1Cl. The lowest BCUT2D eigenvalue weighted by molar-refractivity contribution is -0.137. The van der Waals surface area contributed by atoms with Gasteiger partial charge in [-0.2, -0.15) is 18.2 Å². The molecule has 0 amide bonds. The van der Waals surface area contributed by atoms with Crippen molar-refractivity contribution in [2.45, 2.75) is 26.1 Å². The minimum Gasteiger partial charge on any atom is -0.489 e. The average Bonchev–Trinajstić information content (AvgIpc) is 3.05. The zero-order valence-corrected chi connectivity index (χ0v) is 15.1. The summed E-state index contributed by atoms with van der Waals surface area (Å²) in [4.78, 5) is 4.07. The molecule has 0 unspecified atom stereocenters. The Kier molecular flexibility index (Phi) is 5.01. The molecule has 142 valence electrons. The van der Waals surface area contributed by atoms with Gasteiger partial charge in [0.15, 0.2) is 0 Å². The van der Waals surface area contributed by atoms with Gasteiger partial charge in [-0.05, 0) is 50.2 Å². The van der Waals surface area contributed by atoms with E-state index in [1.165, 1.54) is 12.1 Å². The maximum absolute atomic E-state index is 13.3. The molecule has 1 heterocycles. The molecule has 0 aliphatic rings. The number of halogens is 4. The van der Waals surface area contributed by atoms with E-state index < -0.39 is 11.7 Å². The van der Waals surface area contributed by atoms with Gasteiger partial charge in [0.25, 0.3) is 5.89 Å². The number of alkyl halides is 3. The van der Waals surface area contributed by atoms with Crippen molar-refractivity contribution in [3.8, 4) is 28.6 Å². The first-order chi connectivity index (χ1) is 12.6. The molecular formula is C18H15ClF3N3O2. The van der Waals surface area contributed by atoms with Gasteiger partial charge in [0.1, 0.15) is 5.75 Å². The van der Waals surface area contributed by atoms with Gasteiger partial charge >= 0.3 is 6.18 Å². The van der Waals surface area contributed by atoms with Gasteiger partial charge in [-0.3, -0.25) is 0 Å². The number of nitrogen functional groups attached to an aromatic ring is 1. The van der Waals surface area contributed by atoms with Crippen LogP contribution in [0.4, 0.5) is 18.9 Å². The summed E-state index contributed by atoms with van der Waals surface area (Å²) < 4.78 is 50.4. The lowest BCUT2D eigenvalue weighted by Crippen LogP contribution is -2.08. The molecule has 3 aromatic rings. The summed E-state index contributed by atoms with van der Waals surface area (Å²) in [6, 6.07) is 8.20. The van der Waals surface area contributed by atoms with Crippen LogP contribution in [0.25, 0.3) is 22.8 Å². The zero-order chi connectivity index (χ0) is 19.8. The number of hydrogen-bond acceptors (Lipinski definition) is 5. The van der Waals surface area contributed by atoms with Crippen LogP contribution in [-0.4, -0.2) is 16.2 Å². The minimum absolute atomic E-state index is 0.0154. The third-order valence-corrected chi connectivity index (χ3v) is 3.85. The first kappa shape index (κ1) is 19.0. The Morgan fingerprint density at radius 3 is 2.52 bits per heavy atom. The molecule has 5 nitrogen and oxygen atoms in total. The first-order valence-electron chi connectivity index (χ1n) is 7.92. The maximum Gasteiger partial charge on any atom is 0.417 e. The van der Waals surface area contributed by atoms with E-state index in [2.05, 4.69) is 10.1 Å². The van der Waals surface area contributed by atoms with Crippen LogP contribution >= 0.6 is 11.6 Å². The standard InChI is InChI=1S/C18H15ClF3N3O2/c1-9(2)26-15-6-3-10(7-14(15)19)16-24-17(27-25-16)12-5-4-11(23)8-13(12)18(20,21)22/h3-9H,23H2,1-2H3. The molecular weight excluding hydrogens is 383 g/mol. The van der Waals surface area contributed by atoms with Crippen LogP contribution < -0.4 is 10.5 Å². The molecule has 3 rings (SSSR count). The van der Waals surface area contributed by atoms with Gasteiger partial charge in [-0.25, -0.2) is 0 Å². The van der Waals surface area contributed by atoms with Crippen LogP contribution in [0.5, 0.6) is 5.75 Å². The molecule has 9 heteroatoms. The highest BCUT2D eigenvalue weighted by atomic mass is 35.5. The van der Waals surface area contributed by atoms with Crippen molar-refractivity contribution in [3.63, 3.8) is 0 Å². The van der Waals surface area contributed by atoms with E-state index in [0.717, 1.165) is 6.07 Å². The van der Waals surface area contributed by atoms with Crippen LogP contribution in [0, 0.1) is 0 Å². The van der Waals surface area contributed by atoms with Crippen LogP contribution in [0.3, 0.4) is 0 Å². The normalized spacial score (nSPS) is 11.8. The predicted octanol–water partition coefficient (Wildman–Crippen LogP) is 5.45. The maximum atomic E-state index is 13.3. The smallest absolute Gasteiger partial charge is 0.417 e. The van der Waals surface area contributed by atoms with E-state index in [4.69, 9.17) is 26.6 Å². The van der Waals surface area contributed by atoms with Crippen LogP contribution in [0.2, 0.25) is 5.02 Å². The molecule has 0 fully saturated rings. The molecule has 2 aromatic carbocycles. The largest absolute Gasteiger partial charge is 0.489 e. The second-order valence-corrected chi connectivity index (χ2v) is 6.44. The number of nitrogens with two attached hydrogens (primary N) is 1. The number of ether oxygens (including phenoxy) is 1. The summed E-state index contributed by atoms with van der Waals surface area (Å²) >= 11 is 6.18. The average molecular weight is 398 g/mol. The number of aromatic nitrogens is 2. The summed E-state index contributed by atoms with van der Waals surface area (Å²) in [7, 11) is 0. The Labute approximate surface area is 157 Å². The highest BCUT2D eigenvalue weighted by Gasteiger charge is 2.35. The van der Waals surface area contributed by atoms with E-state index in [1.54, 1.807) is 18.2 Å². The van der Waals surface area contributed by atoms with Crippen molar-refractivity contribution < 1.29 is 22.4 Å². The van der Waals surface area contributed by atoms with Crippen LogP contribution in [0.15, 0.2) is 40.9 Å². The molecule has 0 aliphatic heterocycles. The fourth-order valence-corrected chi connectivity index (χ4v) is 2.65. The fraction of sp³-hybridized carbons (Fsp3) is 0.222. The van der Waals surface area contributed by atoms with Gasteiger partial charge < -0.3 is 15.0 Å². The molecule has 1 aromatic heterocycles. The summed E-state index contributed by atoms with van der Waals surface area (Å²) in [5, 5.41) is 4.09. The topological polar surface area (TPSA) is 74.2 Å². The summed E-state index contributed by atoms with van der Waals surface area (Å²) in [6.07, 6.45) is -4.67. The molecule has 0 spiro atoms. The number of nitrogens with zero attached hydrogens (tertiary/aromatic N) is 2. The van der Waals surface area contributed by atoms with Crippen LogP contribution in [-0.2, 0) is 6.18 Å². The fourth-order valence-electron chi connectivity index (χ4n) is 2.42. The van der Waals surface area contributed by atoms with Crippen molar-refractivity contribution in [2.75, 3.05) is 5.73 Å². The monoisotopic (exact) mass is 397 g/mol. The first-order valence-corrected chi connectivity index (χ1v) is 8.30. The van der Waals surface area contributed by atoms with Gasteiger partial charge in [0.2, 0.25) is 5.82 Å². The highest BCUT2D eigenvalue weighted by molar-refractivity contribution is 6.32. The predicted molar refractivity (Wildman–Crippen MR) is 95.4 cm³/mol. The molecule has 0 bridgehead atoms. The lowest BCUT2D eigenvalue weighted by Gasteiger charge is -2.11. The van der Waals surface area contributed by atoms with E-state index in [0.29, 0.717) is 16.3 Å². The zero-order valence-electron chi connectivity index (χ0n) is 14.3. The van der Waals surface area contributed by atoms with Crippen molar-refractivity contribution >= 4 is 17.3 Å². The summed E-state index contributed by atoms with van der Waals surface area (Å²) in [5.74, 6) is 0.320. The van der Waals surface area contributed by atoms with E-state index in [1.807, 2.05) is 13.8 Å². The quantitative estimate of drug-likeness (QED) is 0.593. The number of anilines is 1. The molecule has 0 radical (unpaired) electrons. The second-order valence-electron chi connectivity index (χ2n) is 6.04. The van der Waals surface area contributed by atoms with E-state index >= 15 is 0 Å².